The first-order valence-electron chi connectivity index (χ1n) is 10.0. The standard InChI is InChI=1S/C23H32O3/c1-6-26-20-13-18(24)17(12-19(20)25)14-23(5)16(3)10-11-22(4)15(2)8-7-9-21(22)23/h12-13,16,21H,2,6-11,14H2,1,3-5H3/t16-,21+,22+,23+/m1/s1. The number of hydrogen-bond acceptors (Lipinski definition) is 3. The first-order valence-corrected chi connectivity index (χ1v) is 10.0. The number of carbonyl (C=O) groups is 2. The van der Waals surface area contributed by atoms with Gasteiger partial charge in [-0.1, -0.05) is 32.9 Å². The van der Waals surface area contributed by atoms with Crippen molar-refractivity contribution in [2.45, 2.75) is 66.2 Å². The molecule has 2 fully saturated rings. The highest BCUT2D eigenvalue weighted by atomic mass is 16.5. The number of ether oxygens (including phenoxy) is 1. The zero-order valence-corrected chi connectivity index (χ0v) is 16.7. The molecule has 3 aliphatic rings. The minimum Gasteiger partial charge on any atom is -0.490 e. The van der Waals surface area contributed by atoms with E-state index in [1.54, 1.807) is 0 Å². The maximum Gasteiger partial charge on any atom is 0.220 e. The summed E-state index contributed by atoms with van der Waals surface area (Å²) >= 11 is 0. The Balaban J connectivity index is 1.90. The van der Waals surface area contributed by atoms with Gasteiger partial charge in [-0.2, -0.15) is 0 Å². The van der Waals surface area contributed by atoms with Crippen molar-refractivity contribution in [3.05, 3.63) is 35.6 Å². The summed E-state index contributed by atoms with van der Waals surface area (Å²) in [6.45, 7) is 13.6. The highest BCUT2D eigenvalue weighted by Crippen LogP contribution is 2.63. The molecular weight excluding hydrogens is 324 g/mol. The Bertz CT molecular complexity index is 698. The maximum atomic E-state index is 12.7. The van der Waals surface area contributed by atoms with Crippen molar-refractivity contribution < 1.29 is 14.3 Å². The van der Waals surface area contributed by atoms with Crippen molar-refractivity contribution in [2.24, 2.45) is 22.7 Å². The SMILES string of the molecule is C=C1CCC[C@@H]2[C@@](C)(CC3=CC(=O)C(OCC)=CC3=O)[C@H](C)CC[C@@]12C. The van der Waals surface area contributed by atoms with Crippen LogP contribution in [-0.2, 0) is 14.3 Å². The molecule has 0 heterocycles. The molecular formula is C23H32O3. The minimum atomic E-state index is -0.177. The van der Waals surface area contributed by atoms with E-state index in [0.717, 1.165) is 12.8 Å². The molecule has 0 saturated heterocycles. The van der Waals surface area contributed by atoms with Crippen LogP contribution in [0.25, 0.3) is 0 Å². The van der Waals surface area contributed by atoms with E-state index in [0.29, 0.717) is 30.4 Å². The van der Waals surface area contributed by atoms with Gasteiger partial charge in [0.05, 0.1) is 6.61 Å². The molecule has 0 bridgehead atoms. The zero-order valence-electron chi connectivity index (χ0n) is 16.7. The van der Waals surface area contributed by atoms with Gasteiger partial charge in [0.1, 0.15) is 0 Å². The summed E-state index contributed by atoms with van der Waals surface area (Å²) in [7, 11) is 0. The van der Waals surface area contributed by atoms with Crippen LogP contribution in [0, 0.1) is 22.7 Å². The number of allylic oxidation sites excluding steroid dienone is 4. The van der Waals surface area contributed by atoms with Crippen molar-refractivity contribution >= 4 is 11.6 Å². The molecule has 0 aromatic heterocycles. The highest BCUT2D eigenvalue weighted by molar-refractivity contribution is 6.19. The number of fused-ring (bicyclic) bond motifs is 1. The van der Waals surface area contributed by atoms with E-state index in [1.165, 1.54) is 37.0 Å². The van der Waals surface area contributed by atoms with Gasteiger partial charge in [0.2, 0.25) is 5.78 Å². The molecule has 0 aromatic carbocycles. The second kappa shape index (κ2) is 6.83. The molecule has 3 aliphatic carbocycles. The molecule has 0 aromatic rings. The van der Waals surface area contributed by atoms with Crippen molar-refractivity contribution in [3.8, 4) is 0 Å². The van der Waals surface area contributed by atoms with Crippen LogP contribution in [0.4, 0.5) is 0 Å². The summed E-state index contributed by atoms with van der Waals surface area (Å²) in [5.41, 5.74) is 2.20. The van der Waals surface area contributed by atoms with Gasteiger partial charge in [0.15, 0.2) is 11.5 Å². The van der Waals surface area contributed by atoms with E-state index in [1.807, 2.05) is 6.92 Å². The molecule has 0 aliphatic heterocycles. The van der Waals surface area contributed by atoms with Crippen molar-refractivity contribution in [3.63, 3.8) is 0 Å². The Morgan fingerprint density at radius 1 is 1.19 bits per heavy atom. The molecule has 2 saturated carbocycles. The monoisotopic (exact) mass is 356 g/mol. The fraction of sp³-hybridized carbons (Fsp3) is 0.652. The largest absolute Gasteiger partial charge is 0.490 e. The van der Waals surface area contributed by atoms with E-state index in [4.69, 9.17) is 4.74 Å². The summed E-state index contributed by atoms with van der Waals surface area (Å²) in [5, 5.41) is 0. The van der Waals surface area contributed by atoms with Crippen LogP contribution in [-0.4, -0.2) is 18.2 Å². The van der Waals surface area contributed by atoms with Gasteiger partial charge in [-0.15, -0.1) is 0 Å². The average molecular weight is 357 g/mol. The third-order valence-corrected chi connectivity index (χ3v) is 7.56. The number of rotatable bonds is 4. The summed E-state index contributed by atoms with van der Waals surface area (Å²) < 4.78 is 5.30. The second-order valence-electron chi connectivity index (χ2n) is 8.93. The van der Waals surface area contributed by atoms with Gasteiger partial charge < -0.3 is 4.74 Å². The number of carbonyl (C=O) groups excluding carboxylic acids is 2. The highest BCUT2D eigenvalue weighted by Gasteiger charge is 2.54. The van der Waals surface area contributed by atoms with Crippen molar-refractivity contribution in [2.75, 3.05) is 6.61 Å². The van der Waals surface area contributed by atoms with Gasteiger partial charge in [-0.05, 0) is 74.2 Å². The molecule has 0 N–H and O–H groups in total. The molecule has 0 radical (unpaired) electrons. The fourth-order valence-corrected chi connectivity index (χ4v) is 5.67. The summed E-state index contributed by atoms with van der Waals surface area (Å²) in [4.78, 5) is 25.0. The van der Waals surface area contributed by atoms with E-state index in [2.05, 4.69) is 27.4 Å². The maximum absolute atomic E-state index is 12.7. The lowest BCUT2D eigenvalue weighted by molar-refractivity contribution is -0.118. The van der Waals surface area contributed by atoms with Crippen LogP contribution >= 0.6 is 0 Å². The van der Waals surface area contributed by atoms with E-state index in [-0.39, 0.29) is 28.2 Å². The Morgan fingerprint density at radius 3 is 2.62 bits per heavy atom. The Labute approximate surface area is 157 Å². The van der Waals surface area contributed by atoms with Gasteiger partial charge in [0.25, 0.3) is 0 Å². The van der Waals surface area contributed by atoms with E-state index >= 15 is 0 Å². The van der Waals surface area contributed by atoms with Crippen LogP contribution in [0.3, 0.4) is 0 Å². The van der Waals surface area contributed by atoms with Crippen LogP contribution < -0.4 is 0 Å². The quantitative estimate of drug-likeness (QED) is 0.515. The molecule has 0 amide bonds. The Morgan fingerprint density at radius 2 is 1.92 bits per heavy atom. The Kier molecular flexibility index (Phi) is 5.02. The molecule has 3 rings (SSSR count). The van der Waals surface area contributed by atoms with Gasteiger partial charge in [-0.3, -0.25) is 9.59 Å². The number of hydrogen-bond donors (Lipinski definition) is 0. The summed E-state index contributed by atoms with van der Waals surface area (Å²) in [6, 6.07) is 0. The lowest BCUT2D eigenvalue weighted by Crippen LogP contribution is -2.50. The topological polar surface area (TPSA) is 43.4 Å². The van der Waals surface area contributed by atoms with Crippen LogP contribution in [0.5, 0.6) is 0 Å². The molecule has 142 valence electrons. The second-order valence-corrected chi connectivity index (χ2v) is 8.93. The summed E-state index contributed by atoms with van der Waals surface area (Å²) in [5.74, 6) is 0.973. The van der Waals surface area contributed by atoms with Crippen molar-refractivity contribution in [1.82, 2.24) is 0 Å². The van der Waals surface area contributed by atoms with Crippen molar-refractivity contribution in [1.29, 1.82) is 0 Å². The van der Waals surface area contributed by atoms with Crippen LogP contribution in [0.1, 0.15) is 66.2 Å². The first kappa shape index (κ1) is 19.1. The lowest BCUT2D eigenvalue weighted by atomic mass is 9.46. The van der Waals surface area contributed by atoms with Gasteiger partial charge in [0, 0.05) is 11.6 Å². The molecule has 0 spiro atoms. The van der Waals surface area contributed by atoms with Gasteiger partial charge >= 0.3 is 0 Å². The smallest absolute Gasteiger partial charge is 0.220 e. The molecule has 3 nitrogen and oxygen atoms in total. The normalized spacial score (nSPS) is 37.8. The predicted molar refractivity (Wildman–Crippen MR) is 104 cm³/mol. The zero-order chi connectivity index (χ0) is 19.1. The summed E-state index contributed by atoms with van der Waals surface area (Å²) in [6.07, 6.45) is 9.41. The molecule has 26 heavy (non-hydrogen) atoms. The third-order valence-electron chi connectivity index (χ3n) is 7.56. The first-order chi connectivity index (χ1) is 12.2. The van der Waals surface area contributed by atoms with E-state index in [9.17, 15) is 9.59 Å². The molecule has 0 unspecified atom stereocenters. The Hall–Kier alpha value is -1.64. The molecule has 4 atom stereocenters. The lowest BCUT2D eigenvalue weighted by Gasteiger charge is -2.59. The average Bonchev–Trinajstić information content (AvgIpc) is 2.58. The minimum absolute atomic E-state index is 0.00902. The number of ketones is 2. The van der Waals surface area contributed by atoms with E-state index < -0.39 is 0 Å². The third kappa shape index (κ3) is 3.00. The fourth-order valence-electron chi connectivity index (χ4n) is 5.67. The van der Waals surface area contributed by atoms with Crippen LogP contribution in [0.2, 0.25) is 0 Å². The van der Waals surface area contributed by atoms with Gasteiger partial charge in [-0.25, -0.2) is 0 Å². The molecule has 3 heteroatoms. The van der Waals surface area contributed by atoms with Crippen LogP contribution in [0.15, 0.2) is 35.6 Å². The predicted octanol–water partition coefficient (Wildman–Crippen LogP) is 5.17.